The van der Waals surface area contributed by atoms with E-state index in [1.807, 2.05) is 0 Å². The summed E-state index contributed by atoms with van der Waals surface area (Å²) < 4.78 is 0. The number of ketones is 1. The fourth-order valence-electron chi connectivity index (χ4n) is 0.716. The molecule has 1 unspecified atom stereocenters. The molecule has 0 fully saturated rings. The van der Waals surface area contributed by atoms with Crippen molar-refractivity contribution in [1.29, 1.82) is 0 Å². The Morgan fingerprint density at radius 3 is 2.08 bits per heavy atom. The Morgan fingerprint density at radius 2 is 1.83 bits per heavy atom. The number of rotatable bonds is 4. The molecule has 0 saturated heterocycles. The van der Waals surface area contributed by atoms with E-state index >= 15 is 0 Å². The predicted octanol–water partition coefficient (Wildman–Crippen LogP) is -0.445. The van der Waals surface area contributed by atoms with E-state index in [1.54, 1.807) is 0 Å². The number of carboxylic acids is 1. The van der Waals surface area contributed by atoms with Crippen LogP contribution in [0.3, 0.4) is 0 Å². The molecule has 2 N–H and O–H groups in total. The second-order valence-electron chi connectivity index (χ2n) is 2.46. The highest BCUT2D eigenvalue weighted by Crippen LogP contribution is 1.93. The lowest BCUT2D eigenvalue weighted by Crippen LogP contribution is -2.39. The van der Waals surface area contributed by atoms with E-state index in [1.165, 1.54) is 13.8 Å². The van der Waals surface area contributed by atoms with Gasteiger partial charge in [0.2, 0.25) is 5.91 Å². The first-order chi connectivity index (χ1) is 5.43. The van der Waals surface area contributed by atoms with Gasteiger partial charge in [0.05, 0.1) is 12.5 Å². The molecule has 0 aliphatic heterocycles. The molecular formula is C7H11NO4. The largest absolute Gasteiger partial charge is 0.481 e. The van der Waals surface area contributed by atoms with Crippen LogP contribution in [-0.2, 0) is 14.4 Å². The highest BCUT2D eigenvalue weighted by Gasteiger charge is 2.18. The van der Waals surface area contributed by atoms with E-state index in [4.69, 9.17) is 5.11 Å². The number of carbonyl (C=O) groups excluding carboxylic acids is 2. The SMILES string of the molecule is CC(=O)NC(CC(=O)O)C(C)=O. The van der Waals surface area contributed by atoms with Gasteiger partial charge in [-0.15, -0.1) is 0 Å². The number of carboxylic acid groups (broad SMARTS) is 1. The molecule has 68 valence electrons. The van der Waals surface area contributed by atoms with Crippen LogP contribution in [0.4, 0.5) is 0 Å². The fourth-order valence-corrected chi connectivity index (χ4v) is 0.716. The molecule has 0 aliphatic carbocycles. The van der Waals surface area contributed by atoms with Crippen LogP contribution in [0, 0.1) is 0 Å². The minimum absolute atomic E-state index is 0.354. The summed E-state index contributed by atoms with van der Waals surface area (Å²) in [6.07, 6.45) is -0.366. The van der Waals surface area contributed by atoms with Gasteiger partial charge in [-0.3, -0.25) is 14.4 Å². The molecular weight excluding hydrogens is 162 g/mol. The van der Waals surface area contributed by atoms with Gasteiger partial charge >= 0.3 is 5.97 Å². The Bertz CT molecular complexity index is 195. The lowest BCUT2D eigenvalue weighted by molar-refractivity contribution is -0.139. The summed E-state index contributed by atoms with van der Waals surface area (Å²) in [5.41, 5.74) is 0. The lowest BCUT2D eigenvalue weighted by atomic mass is 10.1. The third kappa shape index (κ3) is 4.43. The van der Waals surface area contributed by atoms with Crippen LogP contribution in [0.1, 0.15) is 20.3 Å². The topological polar surface area (TPSA) is 83.5 Å². The minimum Gasteiger partial charge on any atom is -0.481 e. The van der Waals surface area contributed by atoms with Crippen LogP contribution in [0.5, 0.6) is 0 Å². The summed E-state index contributed by atoms with van der Waals surface area (Å²) in [6, 6.07) is -0.903. The minimum atomic E-state index is -1.11. The maximum Gasteiger partial charge on any atom is 0.305 e. The summed E-state index contributed by atoms with van der Waals surface area (Å²) in [4.78, 5) is 31.4. The van der Waals surface area contributed by atoms with Gasteiger partial charge in [0.25, 0.3) is 0 Å². The first kappa shape index (κ1) is 10.6. The molecule has 0 rings (SSSR count). The highest BCUT2D eigenvalue weighted by atomic mass is 16.4. The van der Waals surface area contributed by atoms with Gasteiger partial charge in [0.1, 0.15) is 0 Å². The van der Waals surface area contributed by atoms with E-state index in [9.17, 15) is 14.4 Å². The van der Waals surface area contributed by atoms with Crippen molar-refractivity contribution in [3.8, 4) is 0 Å². The number of aliphatic carboxylic acids is 1. The average molecular weight is 173 g/mol. The summed E-state index contributed by atoms with van der Waals surface area (Å²) >= 11 is 0. The van der Waals surface area contributed by atoms with E-state index in [2.05, 4.69) is 5.32 Å². The van der Waals surface area contributed by atoms with E-state index in [0.717, 1.165) is 0 Å². The molecule has 0 aromatic heterocycles. The number of hydrogen-bond acceptors (Lipinski definition) is 3. The lowest BCUT2D eigenvalue weighted by Gasteiger charge is -2.11. The van der Waals surface area contributed by atoms with Crippen molar-refractivity contribution in [3.63, 3.8) is 0 Å². The molecule has 1 amide bonds. The van der Waals surface area contributed by atoms with Crippen molar-refractivity contribution >= 4 is 17.7 Å². The fraction of sp³-hybridized carbons (Fsp3) is 0.571. The molecule has 0 aromatic carbocycles. The first-order valence-corrected chi connectivity index (χ1v) is 3.43. The zero-order chi connectivity index (χ0) is 9.72. The van der Waals surface area contributed by atoms with Crippen LogP contribution in [-0.4, -0.2) is 28.8 Å². The summed E-state index contributed by atoms with van der Waals surface area (Å²) in [5.74, 6) is -1.87. The van der Waals surface area contributed by atoms with Crippen molar-refractivity contribution in [1.82, 2.24) is 5.32 Å². The average Bonchev–Trinajstić information content (AvgIpc) is 1.83. The molecule has 0 saturated carbocycles. The van der Waals surface area contributed by atoms with Gasteiger partial charge in [-0.05, 0) is 6.92 Å². The molecule has 0 heterocycles. The maximum absolute atomic E-state index is 10.7. The van der Waals surface area contributed by atoms with E-state index in [0.29, 0.717) is 0 Å². The quantitative estimate of drug-likeness (QED) is 0.603. The molecule has 12 heavy (non-hydrogen) atoms. The summed E-state index contributed by atoms with van der Waals surface area (Å²) in [5, 5.41) is 10.6. The summed E-state index contributed by atoms with van der Waals surface area (Å²) in [7, 11) is 0. The van der Waals surface area contributed by atoms with Gasteiger partial charge in [0, 0.05) is 6.92 Å². The number of hydrogen-bond donors (Lipinski definition) is 2. The zero-order valence-corrected chi connectivity index (χ0v) is 6.96. The summed E-state index contributed by atoms with van der Waals surface area (Å²) in [6.45, 7) is 2.47. The number of carbonyl (C=O) groups is 3. The van der Waals surface area contributed by atoms with E-state index < -0.39 is 17.9 Å². The van der Waals surface area contributed by atoms with Gasteiger partial charge in [-0.25, -0.2) is 0 Å². The Labute approximate surface area is 69.8 Å². The second-order valence-corrected chi connectivity index (χ2v) is 2.46. The van der Waals surface area contributed by atoms with Crippen molar-refractivity contribution in [2.24, 2.45) is 0 Å². The third-order valence-corrected chi connectivity index (χ3v) is 1.25. The number of Topliss-reactive ketones (excluding diaryl/α,β-unsaturated/α-hetero) is 1. The zero-order valence-electron chi connectivity index (χ0n) is 6.96. The molecule has 5 heteroatoms. The normalized spacial score (nSPS) is 11.8. The van der Waals surface area contributed by atoms with Gasteiger partial charge in [0.15, 0.2) is 5.78 Å². The van der Waals surface area contributed by atoms with Crippen molar-refractivity contribution in [2.75, 3.05) is 0 Å². The Morgan fingerprint density at radius 1 is 1.33 bits per heavy atom. The van der Waals surface area contributed by atoms with Crippen LogP contribution < -0.4 is 5.32 Å². The highest BCUT2D eigenvalue weighted by molar-refractivity contribution is 5.89. The molecule has 5 nitrogen and oxygen atoms in total. The number of nitrogens with one attached hydrogen (secondary N) is 1. The smallest absolute Gasteiger partial charge is 0.305 e. The van der Waals surface area contributed by atoms with Crippen molar-refractivity contribution in [3.05, 3.63) is 0 Å². The monoisotopic (exact) mass is 173 g/mol. The van der Waals surface area contributed by atoms with Crippen LogP contribution in [0.25, 0.3) is 0 Å². The third-order valence-electron chi connectivity index (χ3n) is 1.25. The van der Waals surface area contributed by atoms with Crippen LogP contribution in [0.2, 0.25) is 0 Å². The van der Waals surface area contributed by atoms with E-state index in [-0.39, 0.29) is 12.2 Å². The molecule has 1 atom stereocenters. The molecule has 0 bridgehead atoms. The molecule has 0 spiro atoms. The first-order valence-electron chi connectivity index (χ1n) is 3.43. The molecule has 0 aliphatic rings. The standard InChI is InChI=1S/C7H11NO4/c1-4(9)6(3-7(11)12)8-5(2)10/h6H,3H2,1-2H3,(H,8,10)(H,11,12). The second kappa shape index (κ2) is 4.48. The number of amides is 1. The Balaban J connectivity index is 4.14. The Hall–Kier alpha value is -1.39. The van der Waals surface area contributed by atoms with Gasteiger partial charge in [-0.2, -0.15) is 0 Å². The maximum atomic E-state index is 10.7. The molecule has 0 aromatic rings. The molecule has 0 radical (unpaired) electrons. The van der Waals surface area contributed by atoms with Crippen LogP contribution >= 0.6 is 0 Å². The van der Waals surface area contributed by atoms with Gasteiger partial charge < -0.3 is 10.4 Å². The Kier molecular flexibility index (Phi) is 3.96. The van der Waals surface area contributed by atoms with Crippen molar-refractivity contribution in [2.45, 2.75) is 26.3 Å². The predicted molar refractivity (Wildman–Crippen MR) is 40.5 cm³/mol. The van der Waals surface area contributed by atoms with Crippen LogP contribution in [0.15, 0.2) is 0 Å². The van der Waals surface area contributed by atoms with Gasteiger partial charge in [-0.1, -0.05) is 0 Å². The van der Waals surface area contributed by atoms with Crippen molar-refractivity contribution < 1.29 is 19.5 Å².